The summed E-state index contributed by atoms with van der Waals surface area (Å²) in [4.78, 5) is 3.64. The highest BCUT2D eigenvalue weighted by Crippen LogP contribution is 2.50. The third-order valence-electron chi connectivity index (χ3n) is 5.06. The fourth-order valence-electron chi connectivity index (χ4n) is 3.80. The molecule has 1 atom stereocenters. The lowest BCUT2D eigenvalue weighted by Crippen LogP contribution is -2.36. The van der Waals surface area contributed by atoms with E-state index in [0.717, 1.165) is 19.5 Å². The predicted octanol–water partition coefficient (Wildman–Crippen LogP) is 4.92. The van der Waals surface area contributed by atoms with Crippen molar-refractivity contribution in [3.63, 3.8) is 0 Å². The number of likely N-dealkylation sites (N-methyl/N-ethyl adjacent to an activating group) is 1. The van der Waals surface area contributed by atoms with Gasteiger partial charge in [0, 0.05) is 18.0 Å². The minimum atomic E-state index is -0.262. The molecule has 1 aliphatic heterocycles. The van der Waals surface area contributed by atoms with Crippen LogP contribution in [-0.4, -0.2) is 30.1 Å². The summed E-state index contributed by atoms with van der Waals surface area (Å²) >= 11 is 1.88. The van der Waals surface area contributed by atoms with Crippen LogP contribution < -0.4 is 0 Å². The van der Waals surface area contributed by atoms with E-state index in [9.17, 15) is 5.11 Å². The molecular formula is C23H23NOS. The first-order valence-corrected chi connectivity index (χ1v) is 9.79. The number of hydrogen-bond donors (Lipinski definition) is 1. The number of thioether (sulfide) groups is 1. The number of hydrogen-bond acceptors (Lipinski definition) is 3. The minimum Gasteiger partial charge on any atom is -0.508 e. The van der Waals surface area contributed by atoms with Gasteiger partial charge >= 0.3 is 0 Å². The number of aromatic hydroxyl groups is 1. The van der Waals surface area contributed by atoms with E-state index in [1.807, 2.05) is 23.9 Å². The van der Waals surface area contributed by atoms with Gasteiger partial charge in [0.2, 0.25) is 0 Å². The molecule has 4 rings (SSSR count). The van der Waals surface area contributed by atoms with Crippen LogP contribution in [0.1, 0.15) is 16.7 Å². The first kappa shape index (κ1) is 17.2. The molecule has 2 nitrogen and oxygen atoms in total. The maximum absolute atomic E-state index is 10.3. The van der Waals surface area contributed by atoms with Gasteiger partial charge in [-0.3, -0.25) is 0 Å². The van der Waals surface area contributed by atoms with Gasteiger partial charge in [-0.05, 0) is 54.4 Å². The molecule has 0 aliphatic carbocycles. The molecular weight excluding hydrogens is 338 g/mol. The van der Waals surface area contributed by atoms with E-state index in [2.05, 4.69) is 78.7 Å². The number of phenols is 1. The van der Waals surface area contributed by atoms with Gasteiger partial charge in [-0.2, -0.15) is 0 Å². The average Bonchev–Trinajstić information content (AvgIpc) is 2.81. The summed E-state index contributed by atoms with van der Waals surface area (Å²) in [6, 6.07) is 27.1. The van der Waals surface area contributed by atoms with Crippen molar-refractivity contribution in [3.8, 4) is 5.75 Å². The maximum atomic E-state index is 10.3. The maximum Gasteiger partial charge on any atom is 0.115 e. The molecule has 0 radical (unpaired) electrons. The van der Waals surface area contributed by atoms with E-state index >= 15 is 0 Å². The summed E-state index contributed by atoms with van der Waals surface area (Å²) in [5.74, 6) is 0.335. The van der Waals surface area contributed by atoms with Crippen LogP contribution in [0.15, 0.2) is 83.8 Å². The quantitative estimate of drug-likeness (QED) is 0.716. The number of nitrogens with zero attached hydrogens (tertiary/aromatic N) is 1. The van der Waals surface area contributed by atoms with Crippen LogP contribution in [-0.2, 0) is 11.2 Å². The molecule has 1 aliphatic rings. The third-order valence-corrected chi connectivity index (χ3v) is 6.50. The Morgan fingerprint density at radius 1 is 0.923 bits per heavy atom. The Balaban J connectivity index is 1.96. The molecule has 1 N–H and O–H groups in total. The number of benzene rings is 3. The van der Waals surface area contributed by atoms with Crippen LogP contribution in [0.4, 0.5) is 0 Å². The molecule has 26 heavy (non-hydrogen) atoms. The highest BCUT2D eigenvalue weighted by atomic mass is 32.2. The van der Waals surface area contributed by atoms with Crippen LogP contribution in [0.25, 0.3) is 0 Å². The summed E-state index contributed by atoms with van der Waals surface area (Å²) in [6.45, 7) is 1.91. The minimum absolute atomic E-state index is 0.262. The smallest absolute Gasteiger partial charge is 0.115 e. The van der Waals surface area contributed by atoms with Gasteiger partial charge in [-0.25, -0.2) is 0 Å². The second-order valence-electron chi connectivity index (χ2n) is 6.94. The molecule has 132 valence electrons. The lowest BCUT2D eigenvalue weighted by Gasteiger charge is -2.37. The second kappa shape index (κ2) is 7.18. The van der Waals surface area contributed by atoms with Crippen LogP contribution in [0.3, 0.4) is 0 Å². The highest BCUT2D eigenvalue weighted by molar-refractivity contribution is 8.00. The van der Waals surface area contributed by atoms with Crippen molar-refractivity contribution in [2.75, 3.05) is 20.1 Å². The molecule has 0 saturated carbocycles. The molecule has 1 heterocycles. The molecule has 0 fully saturated rings. The van der Waals surface area contributed by atoms with E-state index in [0.29, 0.717) is 5.75 Å². The molecule has 3 heteroatoms. The Morgan fingerprint density at radius 3 is 2.35 bits per heavy atom. The van der Waals surface area contributed by atoms with Gasteiger partial charge in [0.25, 0.3) is 0 Å². The van der Waals surface area contributed by atoms with Crippen molar-refractivity contribution < 1.29 is 5.11 Å². The van der Waals surface area contributed by atoms with Crippen molar-refractivity contribution in [2.24, 2.45) is 0 Å². The van der Waals surface area contributed by atoms with E-state index in [-0.39, 0.29) is 4.75 Å². The van der Waals surface area contributed by atoms with Crippen molar-refractivity contribution in [2.45, 2.75) is 16.1 Å². The molecule has 0 spiro atoms. The Morgan fingerprint density at radius 2 is 1.62 bits per heavy atom. The van der Waals surface area contributed by atoms with Gasteiger partial charge in [-0.15, -0.1) is 11.8 Å². The molecule has 0 amide bonds. The molecule has 1 unspecified atom stereocenters. The topological polar surface area (TPSA) is 23.5 Å². The molecule has 0 bridgehead atoms. The summed E-state index contributed by atoms with van der Waals surface area (Å²) < 4.78 is -0.262. The van der Waals surface area contributed by atoms with Crippen LogP contribution in [0.2, 0.25) is 0 Å². The lowest BCUT2D eigenvalue weighted by molar-refractivity contribution is 0.327. The number of rotatable bonds is 3. The summed E-state index contributed by atoms with van der Waals surface area (Å²) in [6.07, 6.45) is 0.996. The van der Waals surface area contributed by atoms with Crippen molar-refractivity contribution in [3.05, 3.63) is 95.6 Å². The summed E-state index contributed by atoms with van der Waals surface area (Å²) in [7, 11) is 2.19. The predicted molar refractivity (Wildman–Crippen MR) is 109 cm³/mol. The highest BCUT2D eigenvalue weighted by Gasteiger charge is 2.40. The first-order chi connectivity index (χ1) is 12.7. The average molecular weight is 362 g/mol. The SMILES string of the molecule is CN1CCc2ccc(O)cc2C(Sc2ccccc2)(c2ccccc2)C1. The van der Waals surface area contributed by atoms with Gasteiger partial charge in [0.05, 0.1) is 4.75 Å². The molecule has 0 saturated heterocycles. The molecule has 0 aromatic heterocycles. The fraction of sp³-hybridized carbons (Fsp3) is 0.217. The van der Waals surface area contributed by atoms with E-state index in [1.165, 1.54) is 21.6 Å². The summed E-state index contributed by atoms with van der Waals surface area (Å²) in [5.41, 5.74) is 3.82. The Kier molecular flexibility index (Phi) is 4.75. The van der Waals surface area contributed by atoms with E-state index in [4.69, 9.17) is 0 Å². The largest absolute Gasteiger partial charge is 0.508 e. The van der Waals surface area contributed by atoms with Gasteiger partial charge < -0.3 is 10.0 Å². The normalized spacial score (nSPS) is 20.3. The van der Waals surface area contributed by atoms with Crippen LogP contribution in [0.5, 0.6) is 5.75 Å². The van der Waals surface area contributed by atoms with Crippen LogP contribution >= 0.6 is 11.8 Å². The van der Waals surface area contributed by atoms with Gasteiger partial charge in [0.15, 0.2) is 0 Å². The first-order valence-electron chi connectivity index (χ1n) is 8.98. The lowest BCUT2D eigenvalue weighted by atomic mass is 9.87. The van der Waals surface area contributed by atoms with Gasteiger partial charge in [0.1, 0.15) is 5.75 Å². The monoisotopic (exact) mass is 361 g/mol. The Bertz CT molecular complexity index is 881. The van der Waals surface area contributed by atoms with Crippen LogP contribution in [0, 0.1) is 0 Å². The number of fused-ring (bicyclic) bond motifs is 1. The fourth-order valence-corrected chi connectivity index (χ4v) is 5.34. The molecule has 3 aromatic carbocycles. The van der Waals surface area contributed by atoms with Gasteiger partial charge in [-0.1, -0.05) is 54.6 Å². The zero-order chi connectivity index (χ0) is 18.0. The van der Waals surface area contributed by atoms with E-state index in [1.54, 1.807) is 0 Å². The number of phenolic OH excluding ortho intramolecular Hbond substituents is 1. The Hall–Kier alpha value is -2.23. The summed E-state index contributed by atoms with van der Waals surface area (Å²) in [5, 5.41) is 10.3. The standard InChI is InChI=1S/C23H23NOS/c1-24-15-14-18-12-13-20(25)16-22(18)23(17-24,19-8-4-2-5-9-19)26-21-10-6-3-7-11-21/h2-13,16,25H,14-15,17H2,1H3. The van der Waals surface area contributed by atoms with E-state index < -0.39 is 0 Å². The molecule has 3 aromatic rings. The van der Waals surface area contributed by atoms with Crippen molar-refractivity contribution >= 4 is 11.8 Å². The van der Waals surface area contributed by atoms with Crippen molar-refractivity contribution in [1.29, 1.82) is 0 Å². The second-order valence-corrected chi connectivity index (χ2v) is 8.31. The zero-order valence-corrected chi connectivity index (χ0v) is 15.7. The third kappa shape index (κ3) is 3.25. The Labute approximate surface area is 159 Å². The van der Waals surface area contributed by atoms with Crippen molar-refractivity contribution in [1.82, 2.24) is 4.90 Å². The zero-order valence-electron chi connectivity index (χ0n) is 14.9.